The van der Waals surface area contributed by atoms with E-state index in [4.69, 9.17) is 4.74 Å². The smallest absolute Gasteiger partial charge is 0.407 e. The van der Waals surface area contributed by atoms with Crippen LogP contribution in [-0.2, 0) is 23.9 Å². The highest BCUT2D eigenvalue weighted by atomic mass is 32.2. The van der Waals surface area contributed by atoms with E-state index in [1.165, 1.54) is 17.1 Å². The standard InChI is InChI=1S/C33H50N6O7S/c1-33(30(43)35-20-9-19-34-26(40)13-4-3-12-25-29-24(22-47-25)37-31(44)38-29)16-7-10-23(11-8-17-33)46-32(45)36-18-5-2-6-21-39-27(41)14-15-28(39)42/h7,10,14-15,23-25,29H,2-6,8-9,11-13,16-22H2,1H3,(H,34,40)(H,35,43)(H,36,45)(H2,37,38,44). The summed E-state index contributed by atoms with van der Waals surface area (Å²) in [4.78, 5) is 73.4. The number of ether oxygens (including phenoxy) is 1. The Morgan fingerprint density at radius 2 is 1.72 bits per heavy atom. The summed E-state index contributed by atoms with van der Waals surface area (Å²) >= 11 is 1.89. The Labute approximate surface area is 281 Å². The van der Waals surface area contributed by atoms with Gasteiger partial charge in [0.15, 0.2) is 0 Å². The molecular formula is C33H50N6O7S. The Hall–Kier alpha value is -3.55. The van der Waals surface area contributed by atoms with Gasteiger partial charge in [0.1, 0.15) is 6.10 Å². The van der Waals surface area contributed by atoms with Crippen molar-refractivity contribution < 1.29 is 33.5 Å². The van der Waals surface area contributed by atoms with Gasteiger partial charge in [0.2, 0.25) is 11.8 Å². The molecule has 0 spiro atoms. The van der Waals surface area contributed by atoms with E-state index < -0.39 is 11.5 Å². The van der Waals surface area contributed by atoms with E-state index in [0.717, 1.165) is 37.9 Å². The van der Waals surface area contributed by atoms with E-state index in [1.54, 1.807) is 0 Å². The topological polar surface area (TPSA) is 175 Å². The molecule has 260 valence electrons. The van der Waals surface area contributed by atoms with Crippen LogP contribution >= 0.6 is 11.8 Å². The summed E-state index contributed by atoms with van der Waals surface area (Å²) in [5, 5.41) is 15.1. The van der Waals surface area contributed by atoms with Crippen LogP contribution in [-0.4, -0.2) is 96.0 Å². The lowest BCUT2D eigenvalue weighted by atomic mass is 9.79. The van der Waals surface area contributed by atoms with Crippen molar-refractivity contribution in [2.75, 3.05) is 31.9 Å². The second kappa shape index (κ2) is 18.1. The number of alkyl carbamates (subject to hydrolysis) is 1. The molecule has 0 aromatic rings. The van der Waals surface area contributed by atoms with Gasteiger partial charge in [-0.05, 0) is 70.3 Å². The first-order chi connectivity index (χ1) is 22.6. The molecule has 5 unspecified atom stereocenters. The second-order valence-corrected chi connectivity index (χ2v) is 14.3. The quantitative estimate of drug-likeness (QED) is 0.0678. The molecule has 3 aliphatic heterocycles. The zero-order valence-electron chi connectivity index (χ0n) is 27.4. The Kier molecular flexibility index (Phi) is 14.0. The average molecular weight is 675 g/mol. The molecule has 3 heterocycles. The molecule has 0 saturated carbocycles. The fraction of sp³-hybridized carbons (Fsp3) is 0.697. The fourth-order valence-electron chi connectivity index (χ4n) is 6.36. The number of unbranched alkanes of at least 4 members (excludes halogenated alkanes) is 3. The highest BCUT2D eigenvalue weighted by molar-refractivity contribution is 8.00. The van der Waals surface area contributed by atoms with Crippen molar-refractivity contribution in [1.29, 1.82) is 0 Å². The molecule has 1 aliphatic carbocycles. The molecule has 0 aromatic heterocycles. The van der Waals surface area contributed by atoms with Gasteiger partial charge in [0, 0.05) is 61.2 Å². The number of fused-ring (bicyclic) bond motifs is 1. The van der Waals surface area contributed by atoms with Crippen LogP contribution in [0.2, 0.25) is 0 Å². The van der Waals surface area contributed by atoms with Gasteiger partial charge in [0.05, 0.1) is 12.1 Å². The third-order valence-electron chi connectivity index (χ3n) is 9.21. The van der Waals surface area contributed by atoms with Gasteiger partial charge < -0.3 is 31.3 Å². The number of hydrogen-bond acceptors (Lipinski definition) is 8. The number of urea groups is 1. The zero-order chi connectivity index (χ0) is 33.6. The fourth-order valence-corrected chi connectivity index (χ4v) is 7.91. The van der Waals surface area contributed by atoms with Gasteiger partial charge in [-0.1, -0.05) is 19.4 Å². The molecule has 4 aliphatic rings. The molecule has 14 heteroatoms. The molecular weight excluding hydrogens is 624 g/mol. The van der Waals surface area contributed by atoms with Gasteiger partial charge >= 0.3 is 12.1 Å². The Morgan fingerprint density at radius 1 is 0.957 bits per heavy atom. The van der Waals surface area contributed by atoms with Crippen LogP contribution in [0.25, 0.3) is 0 Å². The van der Waals surface area contributed by atoms with E-state index in [0.29, 0.717) is 76.4 Å². The predicted molar refractivity (Wildman–Crippen MR) is 178 cm³/mol. The minimum absolute atomic E-state index is 0.0130. The molecule has 2 fully saturated rings. The Balaban J connectivity index is 1.00. The van der Waals surface area contributed by atoms with Crippen molar-refractivity contribution in [2.24, 2.45) is 5.41 Å². The van der Waals surface area contributed by atoms with Crippen LogP contribution in [0.5, 0.6) is 0 Å². The average Bonchev–Trinajstić information content (AvgIpc) is 3.69. The third kappa shape index (κ3) is 11.3. The molecule has 13 nitrogen and oxygen atoms in total. The zero-order valence-corrected chi connectivity index (χ0v) is 28.2. The number of thioether (sulfide) groups is 1. The Bertz CT molecular complexity index is 1190. The van der Waals surface area contributed by atoms with Gasteiger partial charge in [-0.25, -0.2) is 9.59 Å². The largest absolute Gasteiger partial charge is 0.442 e. The molecule has 47 heavy (non-hydrogen) atoms. The molecule has 0 bridgehead atoms. The van der Waals surface area contributed by atoms with E-state index in [-0.39, 0.29) is 47.8 Å². The number of carbonyl (C=O) groups excluding carboxylic acids is 6. The summed E-state index contributed by atoms with van der Waals surface area (Å²) in [7, 11) is 0. The van der Waals surface area contributed by atoms with E-state index in [9.17, 15) is 28.8 Å². The maximum Gasteiger partial charge on any atom is 0.407 e. The first-order valence-electron chi connectivity index (χ1n) is 17.0. The Morgan fingerprint density at radius 3 is 2.53 bits per heavy atom. The summed E-state index contributed by atoms with van der Waals surface area (Å²) in [5.74, 6) is 0.393. The maximum absolute atomic E-state index is 13.0. The van der Waals surface area contributed by atoms with Crippen molar-refractivity contribution in [1.82, 2.24) is 31.5 Å². The van der Waals surface area contributed by atoms with Gasteiger partial charge in [0.25, 0.3) is 11.8 Å². The number of amides is 7. The molecule has 4 rings (SSSR count). The maximum atomic E-state index is 13.0. The highest BCUT2D eigenvalue weighted by Crippen LogP contribution is 2.33. The van der Waals surface area contributed by atoms with Gasteiger partial charge in [-0.3, -0.25) is 24.1 Å². The molecule has 5 atom stereocenters. The second-order valence-electron chi connectivity index (χ2n) is 13.0. The van der Waals surface area contributed by atoms with Crippen LogP contribution < -0.4 is 26.6 Å². The van der Waals surface area contributed by atoms with Gasteiger partial charge in [-0.15, -0.1) is 0 Å². The van der Waals surface area contributed by atoms with Crippen molar-refractivity contribution in [3.8, 4) is 0 Å². The van der Waals surface area contributed by atoms with E-state index in [2.05, 4.69) is 26.6 Å². The van der Waals surface area contributed by atoms with Crippen LogP contribution in [0.3, 0.4) is 0 Å². The lowest BCUT2D eigenvalue weighted by Crippen LogP contribution is -2.40. The SMILES string of the molecule is CC1(C(=O)NCCCNC(=O)CCCCC2SCC3NC(=O)NC32)CC=CC(OC(=O)NCCCCCN2C(=O)C=CC2=O)CCC1. The molecule has 5 N–H and O–H groups in total. The number of nitrogens with one attached hydrogen (secondary N) is 5. The van der Waals surface area contributed by atoms with Crippen molar-refractivity contribution in [2.45, 2.75) is 107 Å². The summed E-state index contributed by atoms with van der Waals surface area (Å²) < 4.78 is 5.56. The summed E-state index contributed by atoms with van der Waals surface area (Å²) in [6, 6.07) is 0.347. The molecule has 2 saturated heterocycles. The van der Waals surface area contributed by atoms with Crippen molar-refractivity contribution >= 4 is 47.5 Å². The van der Waals surface area contributed by atoms with Crippen LogP contribution in [0.15, 0.2) is 24.3 Å². The first kappa shape index (κ1) is 36.3. The van der Waals surface area contributed by atoms with Crippen LogP contribution in [0.4, 0.5) is 9.59 Å². The number of imide groups is 1. The summed E-state index contributed by atoms with van der Waals surface area (Å²) in [6.45, 7) is 3.77. The van der Waals surface area contributed by atoms with Gasteiger partial charge in [-0.2, -0.15) is 11.8 Å². The number of hydrogen-bond donors (Lipinski definition) is 5. The van der Waals surface area contributed by atoms with Crippen molar-refractivity contribution in [3.05, 3.63) is 24.3 Å². The highest BCUT2D eigenvalue weighted by Gasteiger charge is 2.42. The lowest BCUT2D eigenvalue weighted by Gasteiger charge is -2.29. The normalized spacial score (nSPS) is 26.7. The minimum atomic E-state index is -0.553. The monoisotopic (exact) mass is 674 g/mol. The molecule has 0 radical (unpaired) electrons. The number of rotatable bonds is 17. The number of carbonyl (C=O) groups is 6. The summed E-state index contributed by atoms with van der Waals surface area (Å²) in [5.41, 5.74) is -0.553. The minimum Gasteiger partial charge on any atom is -0.442 e. The first-order valence-corrected chi connectivity index (χ1v) is 18.1. The number of nitrogens with zero attached hydrogens (tertiary/aromatic N) is 1. The van der Waals surface area contributed by atoms with Crippen LogP contribution in [0.1, 0.15) is 84.0 Å². The van der Waals surface area contributed by atoms with Crippen molar-refractivity contribution in [3.63, 3.8) is 0 Å². The van der Waals surface area contributed by atoms with Crippen LogP contribution in [0, 0.1) is 5.41 Å². The third-order valence-corrected chi connectivity index (χ3v) is 10.7. The van der Waals surface area contributed by atoms with E-state index >= 15 is 0 Å². The predicted octanol–water partition coefficient (Wildman–Crippen LogP) is 2.66. The lowest BCUT2D eigenvalue weighted by molar-refractivity contribution is -0.137. The number of allylic oxidation sites excluding steroid dienone is 1. The summed E-state index contributed by atoms with van der Waals surface area (Å²) in [6.07, 6.45) is 14.1. The molecule has 7 amide bonds. The molecule has 0 aromatic carbocycles. The van der Waals surface area contributed by atoms with E-state index in [1.807, 2.05) is 30.8 Å².